The van der Waals surface area contributed by atoms with Gasteiger partial charge in [0.2, 0.25) is 10.0 Å². The molecule has 0 spiro atoms. The minimum atomic E-state index is -3.72. The van der Waals surface area contributed by atoms with Crippen LogP contribution >= 0.6 is 11.6 Å². The summed E-state index contributed by atoms with van der Waals surface area (Å²) in [6.07, 6.45) is 0. The smallest absolute Gasteiger partial charge is 0.238 e. The van der Waals surface area contributed by atoms with E-state index in [1.165, 1.54) is 6.07 Å². The van der Waals surface area contributed by atoms with E-state index in [4.69, 9.17) is 16.7 Å². The molecule has 0 bridgehead atoms. The first-order chi connectivity index (χ1) is 12.3. The van der Waals surface area contributed by atoms with Crippen LogP contribution in [-0.2, 0) is 23.1 Å². The number of halogens is 1. The topological polar surface area (TPSA) is 87.8 Å². The lowest BCUT2D eigenvalue weighted by molar-refractivity contribution is 0.477. The van der Waals surface area contributed by atoms with Gasteiger partial charge in [0.15, 0.2) is 5.96 Å². The van der Waals surface area contributed by atoms with Gasteiger partial charge in [-0.05, 0) is 42.3 Å². The number of nitrogens with zero attached hydrogens (tertiary/aromatic N) is 2. The Morgan fingerprint density at radius 1 is 1.19 bits per heavy atom. The van der Waals surface area contributed by atoms with Crippen LogP contribution in [0.25, 0.3) is 0 Å². The Kier molecular flexibility index (Phi) is 7.02. The third-order valence-electron chi connectivity index (χ3n) is 3.67. The molecule has 8 heteroatoms. The van der Waals surface area contributed by atoms with Gasteiger partial charge in [-0.15, -0.1) is 0 Å². The lowest BCUT2D eigenvalue weighted by atomic mass is 10.2. The summed E-state index contributed by atoms with van der Waals surface area (Å²) < 4.78 is 22.9. The van der Waals surface area contributed by atoms with Crippen LogP contribution in [0.1, 0.15) is 18.1 Å². The summed E-state index contributed by atoms with van der Waals surface area (Å²) in [5, 5.41) is 9.12. The van der Waals surface area contributed by atoms with Crippen LogP contribution in [0.15, 0.2) is 58.4 Å². The highest BCUT2D eigenvalue weighted by Gasteiger charge is 2.09. The maximum Gasteiger partial charge on any atom is 0.238 e. The third-order valence-corrected chi connectivity index (χ3v) is 4.83. The molecule has 0 fully saturated rings. The van der Waals surface area contributed by atoms with Gasteiger partial charge in [0, 0.05) is 25.2 Å². The first kappa shape index (κ1) is 20.2. The summed E-state index contributed by atoms with van der Waals surface area (Å²) in [4.78, 5) is 6.67. The number of sulfonamides is 1. The molecule has 0 saturated heterocycles. The summed E-state index contributed by atoms with van der Waals surface area (Å²) in [5.74, 6) is 0.725. The highest BCUT2D eigenvalue weighted by molar-refractivity contribution is 7.89. The van der Waals surface area contributed by atoms with Gasteiger partial charge in [0.25, 0.3) is 0 Å². The first-order valence-electron chi connectivity index (χ1n) is 8.15. The van der Waals surface area contributed by atoms with E-state index in [9.17, 15) is 8.42 Å². The Balaban J connectivity index is 2.14. The molecule has 0 unspecified atom stereocenters. The van der Waals surface area contributed by atoms with Crippen molar-refractivity contribution in [3.63, 3.8) is 0 Å². The molecule has 2 rings (SSSR count). The summed E-state index contributed by atoms with van der Waals surface area (Å²) >= 11 is 5.92. The van der Waals surface area contributed by atoms with Crippen LogP contribution in [0.5, 0.6) is 0 Å². The molecular formula is C18H23ClN4O2S. The highest BCUT2D eigenvalue weighted by Crippen LogP contribution is 2.12. The Bertz CT molecular complexity index is 867. The molecule has 3 N–H and O–H groups in total. The van der Waals surface area contributed by atoms with E-state index < -0.39 is 10.0 Å². The summed E-state index contributed by atoms with van der Waals surface area (Å²) in [6, 6.07) is 14.1. The predicted octanol–water partition coefficient (Wildman–Crippen LogP) is 2.58. The minimum Gasteiger partial charge on any atom is -0.357 e. The Hall–Kier alpha value is -2.09. The van der Waals surface area contributed by atoms with Crippen LogP contribution in [0.3, 0.4) is 0 Å². The molecule has 26 heavy (non-hydrogen) atoms. The van der Waals surface area contributed by atoms with Crippen molar-refractivity contribution in [1.29, 1.82) is 0 Å². The number of rotatable bonds is 6. The zero-order valence-corrected chi connectivity index (χ0v) is 16.4. The number of hydrogen-bond acceptors (Lipinski definition) is 3. The second kappa shape index (κ2) is 9.02. The van der Waals surface area contributed by atoms with E-state index in [2.05, 4.69) is 10.3 Å². The van der Waals surface area contributed by atoms with Crippen LogP contribution in [-0.4, -0.2) is 32.9 Å². The van der Waals surface area contributed by atoms with Crippen molar-refractivity contribution < 1.29 is 8.42 Å². The fraction of sp³-hybridized carbons (Fsp3) is 0.278. The van der Waals surface area contributed by atoms with Gasteiger partial charge in [-0.1, -0.05) is 35.9 Å². The van der Waals surface area contributed by atoms with E-state index in [0.717, 1.165) is 23.6 Å². The quantitative estimate of drug-likeness (QED) is 0.582. The number of guanidine groups is 1. The van der Waals surface area contributed by atoms with Gasteiger partial charge >= 0.3 is 0 Å². The molecular weight excluding hydrogens is 372 g/mol. The summed E-state index contributed by atoms with van der Waals surface area (Å²) in [5.41, 5.74) is 1.88. The zero-order chi connectivity index (χ0) is 19.2. The van der Waals surface area contributed by atoms with Crippen molar-refractivity contribution in [3.05, 3.63) is 64.7 Å². The van der Waals surface area contributed by atoms with Crippen molar-refractivity contribution in [2.75, 3.05) is 13.6 Å². The van der Waals surface area contributed by atoms with Crippen LogP contribution < -0.4 is 10.5 Å². The van der Waals surface area contributed by atoms with Crippen LogP contribution in [0.2, 0.25) is 5.02 Å². The van der Waals surface area contributed by atoms with Gasteiger partial charge in [-0.2, -0.15) is 0 Å². The van der Waals surface area contributed by atoms with Crippen molar-refractivity contribution in [3.8, 4) is 0 Å². The second-order valence-electron chi connectivity index (χ2n) is 5.85. The van der Waals surface area contributed by atoms with Crippen LogP contribution in [0.4, 0.5) is 0 Å². The average molecular weight is 395 g/mol. The van der Waals surface area contributed by atoms with Gasteiger partial charge in [0.1, 0.15) is 0 Å². The average Bonchev–Trinajstić information content (AvgIpc) is 2.60. The number of benzene rings is 2. The second-order valence-corrected chi connectivity index (χ2v) is 7.84. The van der Waals surface area contributed by atoms with E-state index in [1.807, 2.05) is 49.2 Å². The molecule has 0 aliphatic heterocycles. The number of aliphatic imine (C=N–C) groups is 1. The molecule has 0 amide bonds. The lowest BCUT2D eigenvalue weighted by Crippen LogP contribution is -2.38. The molecule has 0 aromatic heterocycles. The van der Waals surface area contributed by atoms with Crippen molar-refractivity contribution in [1.82, 2.24) is 10.2 Å². The molecule has 140 valence electrons. The molecule has 0 atom stereocenters. The van der Waals surface area contributed by atoms with E-state index in [1.54, 1.807) is 12.1 Å². The van der Waals surface area contributed by atoms with Crippen LogP contribution in [0, 0.1) is 0 Å². The highest BCUT2D eigenvalue weighted by atomic mass is 35.5. The normalized spacial score (nSPS) is 12.1. The van der Waals surface area contributed by atoms with E-state index >= 15 is 0 Å². The Labute approximate surface area is 159 Å². The Morgan fingerprint density at radius 3 is 2.50 bits per heavy atom. The molecule has 0 saturated carbocycles. The number of primary sulfonamides is 1. The monoisotopic (exact) mass is 394 g/mol. The van der Waals surface area contributed by atoms with Gasteiger partial charge in [-0.3, -0.25) is 0 Å². The third kappa shape index (κ3) is 6.01. The Morgan fingerprint density at radius 2 is 1.88 bits per heavy atom. The first-order valence-corrected chi connectivity index (χ1v) is 10.1. The summed E-state index contributed by atoms with van der Waals surface area (Å²) in [7, 11) is -1.78. The van der Waals surface area contributed by atoms with Gasteiger partial charge in [0.05, 0.1) is 11.4 Å². The largest absolute Gasteiger partial charge is 0.357 e. The van der Waals surface area contributed by atoms with E-state index in [0.29, 0.717) is 18.1 Å². The minimum absolute atomic E-state index is 0.0877. The standard InChI is InChI=1S/C18H23ClN4O2S/c1-3-21-18(23(2)13-14-7-9-16(19)10-8-14)22-12-15-5-4-6-17(11-15)26(20,24)25/h4-11H,3,12-13H2,1-2H3,(H,21,22)(H2,20,24,25). The summed E-state index contributed by atoms with van der Waals surface area (Å²) in [6.45, 7) is 3.73. The van der Waals surface area contributed by atoms with Gasteiger partial charge in [-0.25, -0.2) is 18.5 Å². The number of hydrogen-bond donors (Lipinski definition) is 2. The van der Waals surface area contributed by atoms with Gasteiger partial charge < -0.3 is 10.2 Å². The zero-order valence-electron chi connectivity index (χ0n) is 14.8. The fourth-order valence-corrected chi connectivity index (χ4v) is 3.11. The fourth-order valence-electron chi connectivity index (χ4n) is 2.40. The number of nitrogens with two attached hydrogens (primary N) is 1. The molecule has 0 radical (unpaired) electrons. The lowest BCUT2D eigenvalue weighted by Gasteiger charge is -2.22. The molecule has 6 nitrogen and oxygen atoms in total. The molecule has 2 aromatic carbocycles. The predicted molar refractivity (Wildman–Crippen MR) is 106 cm³/mol. The van der Waals surface area contributed by atoms with Crippen molar-refractivity contribution in [2.24, 2.45) is 10.1 Å². The molecule has 2 aromatic rings. The molecule has 0 aliphatic rings. The molecule has 0 heterocycles. The van der Waals surface area contributed by atoms with Crippen molar-refractivity contribution >= 4 is 27.6 Å². The molecule has 0 aliphatic carbocycles. The maximum absolute atomic E-state index is 11.5. The maximum atomic E-state index is 11.5. The van der Waals surface area contributed by atoms with E-state index in [-0.39, 0.29) is 4.90 Å². The van der Waals surface area contributed by atoms with Crippen molar-refractivity contribution in [2.45, 2.75) is 24.9 Å². The number of nitrogens with one attached hydrogen (secondary N) is 1. The SMILES string of the molecule is CCNC(=NCc1cccc(S(N)(=O)=O)c1)N(C)Cc1ccc(Cl)cc1.